The summed E-state index contributed by atoms with van der Waals surface area (Å²) >= 11 is 6.28. The Kier molecular flexibility index (Phi) is 3.76. The van der Waals surface area contributed by atoms with Gasteiger partial charge in [-0.05, 0) is 49.3 Å². The van der Waals surface area contributed by atoms with Crippen molar-refractivity contribution in [2.45, 2.75) is 45.6 Å². The van der Waals surface area contributed by atoms with Crippen LogP contribution in [-0.4, -0.2) is 13.1 Å². The molecule has 1 fully saturated rings. The van der Waals surface area contributed by atoms with Crippen molar-refractivity contribution in [2.24, 2.45) is 5.41 Å². The topological polar surface area (TPSA) is 29.3 Å². The van der Waals surface area contributed by atoms with E-state index in [1.165, 1.54) is 25.7 Å². The van der Waals surface area contributed by atoms with Gasteiger partial charge in [0.05, 0.1) is 10.7 Å². The first-order valence-electron chi connectivity index (χ1n) is 6.67. The fraction of sp³-hybridized carbons (Fsp3) is 0.600. The zero-order valence-electron chi connectivity index (χ0n) is 11.5. The van der Waals surface area contributed by atoms with Crippen LogP contribution in [0.4, 0.5) is 11.4 Å². The van der Waals surface area contributed by atoms with Crippen molar-refractivity contribution < 1.29 is 0 Å². The predicted octanol–water partition coefficient (Wildman–Crippen LogP) is 4.33. The molecule has 3 heteroatoms. The Labute approximate surface area is 115 Å². The quantitative estimate of drug-likeness (QED) is 0.808. The summed E-state index contributed by atoms with van der Waals surface area (Å²) in [6, 6.07) is 6.38. The summed E-state index contributed by atoms with van der Waals surface area (Å²) in [5.41, 5.74) is 8.06. The van der Waals surface area contributed by atoms with E-state index in [2.05, 4.69) is 25.8 Å². The highest BCUT2D eigenvalue weighted by atomic mass is 35.5. The molecule has 2 rings (SSSR count). The second kappa shape index (κ2) is 5.00. The molecule has 2 nitrogen and oxygen atoms in total. The lowest BCUT2D eigenvalue weighted by Crippen LogP contribution is -2.37. The second-order valence-electron chi connectivity index (χ2n) is 6.22. The molecule has 1 aromatic rings. The number of hydrogen-bond donors (Lipinski definition) is 1. The molecule has 0 unspecified atom stereocenters. The molecule has 1 aliphatic rings. The monoisotopic (exact) mass is 266 g/mol. The van der Waals surface area contributed by atoms with Gasteiger partial charge in [-0.2, -0.15) is 0 Å². The van der Waals surface area contributed by atoms with Gasteiger partial charge in [-0.3, -0.25) is 0 Å². The number of nitrogens with zero attached hydrogens (tertiary/aromatic N) is 1. The summed E-state index contributed by atoms with van der Waals surface area (Å²) in [7, 11) is 2.14. The van der Waals surface area contributed by atoms with Gasteiger partial charge in [0.25, 0.3) is 0 Å². The molecule has 0 bridgehead atoms. The van der Waals surface area contributed by atoms with E-state index in [1.807, 2.05) is 18.2 Å². The summed E-state index contributed by atoms with van der Waals surface area (Å²) in [4.78, 5) is 2.32. The third kappa shape index (κ3) is 2.92. The summed E-state index contributed by atoms with van der Waals surface area (Å²) in [5.74, 6) is 0. The molecule has 0 heterocycles. The third-order valence-corrected chi connectivity index (χ3v) is 4.51. The summed E-state index contributed by atoms with van der Waals surface area (Å²) in [5, 5.41) is 0.752. The van der Waals surface area contributed by atoms with Crippen LogP contribution in [0.1, 0.15) is 39.5 Å². The minimum atomic E-state index is 0.502. The lowest BCUT2D eigenvalue weighted by Gasteiger charge is -2.39. The molecule has 0 aliphatic heterocycles. The van der Waals surface area contributed by atoms with Crippen LogP contribution in [0.5, 0.6) is 0 Å². The number of halogens is 1. The van der Waals surface area contributed by atoms with Gasteiger partial charge in [0.1, 0.15) is 0 Å². The van der Waals surface area contributed by atoms with Gasteiger partial charge in [0.2, 0.25) is 0 Å². The van der Waals surface area contributed by atoms with Crippen molar-refractivity contribution in [3.05, 3.63) is 23.2 Å². The zero-order valence-corrected chi connectivity index (χ0v) is 12.3. The van der Waals surface area contributed by atoms with E-state index in [-0.39, 0.29) is 0 Å². The first-order chi connectivity index (χ1) is 8.39. The maximum absolute atomic E-state index is 6.28. The van der Waals surface area contributed by atoms with E-state index in [4.69, 9.17) is 17.3 Å². The Morgan fingerprint density at radius 3 is 2.44 bits per heavy atom. The van der Waals surface area contributed by atoms with Gasteiger partial charge in [-0.1, -0.05) is 25.4 Å². The Morgan fingerprint density at radius 1 is 1.28 bits per heavy atom. The fourth-order valence-electron chi connectivity index (χ4n) is 2.78. The van der Waals surface area contributed by atoms with Crippen LogP contribution in [0.15, 0.2) is 18.2 Å². The SMILES string of the molecule is CN(c1ccc(N)cc1Cl)C1CCC(C)(C)CC1. The van der Waals surface area contributed by atoms with E-state index in [0.29, 0.717) is 11.5 Å². The van der Waals surface area contributed by atoms with E-state index in [0.717, 1.165) is 16.4 Å². The van der Waals surface area contributed by atoms with Crippen LogP contribution in [0.2, 0.25) is 5.02 Å². The van der Waals surface area contributed by atoms with E-state index >= 15 is 0 Å². The highest BCUT2D eigenvalue weighted by molar-refractivity contribution is 6.33. The molecule has 1 aliphatic carbocycles. The normalized spacial score (nSPS) is 19.8. The molecular formula is C15H23ClN2. The molecule has 0 radical (unpaired) electrons. The molecule has 0 atom stereocenters. The van der Waals surface area contributed by atoms with Crippen LogP contribution < -0.4 is 10.6 Å². The number of anilines is 2. The minimum Gasteiger partial charge on any atom is -0.399 e. The first kappa shape index (κ1) is 13.5. The number of nitrogens with two attached hydrogens (primary N) is 1. The van der Waals surface area contributed by atoms with E-state index in [1.54, 1.807) is 0 Å². The summed E-state index contributed by atoms with van der Waals surface area (Å²) in [6.07, 6.45) is 5.05. The van der Waals surface area contributed by atoms with Crippen LogP contribution in [0.25, 0.3) is 0 Å². The van der Waals surface area contributed by atoms with Crippen molar-refractivity contribution >= 4 is 23.0 Å². The second-order valence-corrected chi connectivity index (χ2v) is 6.62. The van der Waals surface area contributed by atoms with Gasteiger partial charge in [0.15, 0.2) is 0 Å². The Morgan fingerprint density at radius 2 is 1.89 bits per heavy atom. The molecule has 2 N–H and O–H groups in total. The highest BCUT2D eigenvalue weighted by Crippen LogP contribution is 2.39. The molecule has 0 spiro atoms. The van der Waals surface area contributed by atoms with Gasteiger partial charge < -0.3 is 10.6 Å². The number of benzene rings is 1. The molecule has 1 saturated carbocycles. The van der Waals surface area contributed by atoms with Crippen LogP contribution in [0.3, 0.4) is 0 Å². The molecule has 18 heavy (non-hydrogen) atoms. The fourth-order valence-corrected chi connectivity index (χ4v) is 3.10. The Bertz CT molecular complexity index is 419. The van der Waals surface area contributed by atoms with Gasteiger partial charge in [-0.25, -0.2) is 0 Å². The summed E-state index contributed by atoms with van der Waals surface area (Å²) in [6.45, 7) is 4.72. The van der Waals surface area contributed by atoms with Crippen molar-refractivity contribution in [3.63, 3.8) is 0 Å². The maximum Gasteiger partial charge on any atom is 0.0660 e. The molecule has 1 aromatic carbocycles. The number of hydrogen-bond acceptors (Lipinski definition) is 2. The minimum absolute atomic E-state index is 0.502. The summed E-state index contributed by atoms with van der Waals surface area (Å²) < 4.78 is 0. The van der Waals surface area contributed by atoms with Gasteiger partial charge in [-0.15, -0.1) is 0 Å². The first-order valence-corrected chi connectivity index (χ1v) is 7.05. The Hall–Kier alpha value is -0.890. The Balaban J connectivity index is 2.10. The van der Waals surface area contributed by atoms with Crippen molar-refractivity contribution in [1.29, 1.82) is 0 Å². The number of rotatable bonds is 2. The van der Waals surface area contributed by atoms with E-state index < -0.39 is 0 Å². The smallest absolute Gasteiger partial charge is 0.0660 e. The number of nitrogen functional groups attached to an aromatic ring is 1. The van der Waals surface area contributed by atoms with Crippen LogP contribution >= 0.6 is 11.6 Å². The molecule has 0 amide bonds. The largest absolute Gasteiger partial charge is 0.399 e. The molecule has 0 aromatic heterocycles. The van der Waals surface area contributed by atoms with Crippen LogP contribution in [0, 0.1) is 5.41 Å². The van der Waals surface area contributed by atoms with Crippen molar-refractivity contribution in [3.8, 4) is 0 Å². The highest BCUT2D eigenvalue weighted by Gasteiger charge is 2.29. The lowest BCUT2D eigenvalue weighted by molar-refractivity contribution is 0.222. The standard InChI is InChI=1S/C15H23ClN2/c1-15(2)8-6-12(7-9-15)18(3)14-5-4-11(17)10-13(14)16/h4-5,10,12H,6-9,17H2,1-3H3. The predicted molar refractivity (Wildman–Crippen MR) is 80.3 cm³/mol. The van der Waals surface area contributed by atoms with Crippen molar-refractivity contribution in [2.75, 3.05) is 17.7 Å². The molecule has 0 saturated heterocycles. The van der Waals surface area contributed by atoms with Gasteiger partial charge in [0, 0.05) is 18.8 Å². The van der Waals surface area contributed by atoms with Crippen LogP contribution in [-0.2, 0) is 0 Å². The average Bonchev–Trinajstić information content (AvgIpc) is 2.28. The van der Waals surface area contributed by atoms with Crippen molar-refractivity contribution in [1.82, 2.24) is 0 Å². The molecular weight excluding hydrogens is 244 g/mol. The van der Waals surface area contributed by atoms with Gasteiger partial charge >= 0.3 is 0 Å². The lowest BCUT2D eigenvalue weighted by atomic mass is 9.75. The maximum atomic E-state index is 6.28. The zero-order chi connectivity index (χ0) is 13.3. The third-order valence-electron chi connectivity index (χ3n) is 4.21. The average molecular weight is 267 g/mol. The molecule has 100 valence electrons. The van der Waals surface area contributed by atoms with E-state index in [9.17, 15) is 0 Å².